The summed E-state index contributed by atoms with van der Waals surface area (Å²) in [6.07, 6.45) is -2.24. The Morgan fingerprint density at radius 1 is 1.38 bits per heavy atom. The van der Waals surface area contributed by atoms with Crippen molar-refractivity contribution in [3.05, 3.63) is 33.9 Å². The minimum atomic E-state index is -4.61. The van der Waals surface area contributed by atoms with Crippen LogP contribution < -0.4 is 5.32 Å². The van der Waals surface area contributed by atoms with E-state index in [-0.39, 0.29) is 17.7 Å². The van der Waals surface area contributed by atoms with Gasteiger partial charge in [-0.3, -0.25) is 10.1 Å². The number of anilines is 1. The van der Waals surface area contributed by atoms with Crippen molar-refractivity contribution in [3.8, 4) is 0 Å². The number of halogens is 3. The first-order valence-electron chi connectivity index (χ1n) is 6.48. The molecule has 0 saturated heterocycles. The minimum Gasteiger partial charge on any atom is -0.396 e. The van der Waals surface area contributed by atoms with Gasteiger partial charge in [0, 0.05) is 19.2 Å². The Hall–Kier alpha value is -1.83. The summed E-state index contributed by atoms with van der Waals surface area (Å²) in [5.74, 6) is 0. The fourth-order valence-corrected chi connectivity index (χ4v) is 2.22. The van der Waals surface area contributed by atoms with Crippen molar-refractivity contribution in [1.82, 2.24) is 0 Å². The van der Waals surface area contributed by atoms with Crippen LogP contribution in [0, 0.1) is 15.5 Å². The largest absolute Gasteiger partial charge is 0.416 e. The zero-order chi connectivity index (χ0) is 15.7. The van der Waals surface area contributed by atoms with Crippen LogP contribution in [0.5, 0.6) is 0 Å². The number of nitro benzene ring substituents is 1. The first-order chi connectivity index (χ1) is 9.77. The van der Waals surface area contributed by atoms with Gasteiger partial charge in [0.05, 0.1) is 10.5 Å². The van der Waals surface area contributed by atoms with Crippen LogP contribution in [0.2, 0.25) is 0 Å². The molecule has 1 aromatic rings. The Bertz CT molecular complexity index is 542. The van der Waals surface area contributed by atoms with Crippen molar-refractivity contribution < 1.29 is 23.2 Å². The zero-order valence-electron chi connectivity index (χ0n) is 11.1. The monoisotopic (exact) mass is 304 g/mol. The maximum Gasteiger partial charge on any atom is 0.416 e. The highest BCUT2D eigenvalue weighted by molar-refractivity contribution is 5.63. The van der Waals surface area contributed by atoms with E-state index >= 15 is 0 Å². The van der Waals surface area contributed by atoms with Crippen molar-refractivity contribution in [3.63, 3.8) is 0 Å². The molecule has 1 aliphatic carbocycles. The van der Waals surface area contributed by atoms with E-state index in [1.54, 1.807) is 0 Å². The van der Waals surface area contributed by atoms with Crippen LogP contribution in [0.15, 0.2) is 18.2 Å². The predicted octanol–water partition coefficient (Wildman–Crippen LogP) is 3.19. The lowest BCUT2D eigenvalue weighted by molar-refractivity contribution is -0.384. The number of rotatable bonds is 6. The topological polar surface area (TPSA) is 75.4 Å². The summed E-state index contributed by atoms with van der Waals surface area (Å²) in [5, 5.41) is 22.7. The maximum absolute atomic E-state index is 12.6. The molecule has 1 fully saturated rings. The third-order valence-electron chi connectivity index (χ3n) is 3.77. The summed E-state index contributed by atoms with van der Waals surface area (Å²) < 4.78 is 37.7. The van der Waals surface area contributed by atoms with Crippen LogP contribution in [0.1, 0.15) is 24.8 Å². The number of hydrogen-bond acceptors (Lipinski definition) is 4. The Kier molecular flexibility index (Phi) is 4.08. The number of aliphatic hydroxyl groups is 1. The third-order valence-corrected chi connectivity index (χ3v) is 3.77. The van der Waals surface area contributed by atoms with E-state index in [2.05, 4.69) is 5.32 Å². The molecular weight excluding hydrogens is 289 g/mol. The molecule has 0 bridgehead atoms. The Morgan fingerprint density at radius 3 is 2.52 bits per heavy atom. The van der Waals surface area contributed by atoms with E-state index < -0.39 is 22.4 Å². The fraction of sp³-hybridized carbons (Fsp3) is 0.538. The highest BCUT2D eigenvalue weighted by atomic mass is 19.4. The van der Waals surface area contributed by atoms with Gasteiger partial charge in [0.2, 0.25) is 0 Å². The molecule has 2 N–H and O–H groups in total. The molecule has 0 atom stereocenters. The lowest BCUT2D eigenvalue weighted by atomic mass is 10.0. The van der Waals surface area contributed by atoms with E-state index in [0.717, 1.165) is 25.0 Å². The van der Waals surface area contributed by atoms with Crippen LogP contribution in [-0.4, -0.2) is 23.2 Å². The van der Waals surface area contributed by atoms with Gasteiger partial charge in [-0.05, 0) is 36.8 Å². The molecule has 8 heteroatoms. The molecule has 21 heavy (non-hydrogen) atoms. The number of nitrogens with one attached hydrogen (secondary N) is 1. The smallest absolute Gasteiger partial charge is 0.396 e. The number of alkyl halides is 3. The number of hydrogen-bond donors (Lipinski definition) is 2. The molecule has 0 radical (unpaired) electrons. The van der Waals surface area contributed by atoms with Gasteiger partial charge < -0.3 is 10.4 Å². The molecule has 0 aliphatic heterocycles. The average Bonchev–Trinajstić information content (AvgIpc) is 3.15. The second kappa shape index (κ2) is 5.51. The van der Waals surface area contributed by atoms with Gasteiger partial charge >= 0.3 is 6.18 Å². The van der Waals surface area contributed by atoms with E-state index in [0.29, 0.717) is 19.0 Å². The molecule has 1 saturated carbocycles. The normalized spacial score (nSPS) is 16.6. The van der Waals surface area contributed by atoms with Gasteiger partial charge in [-0.15, -0.1) is 0 Å². The second-order valence-electron chi connectivity index (χ2n) is 5.31. The molecule has 1 aromatic carbocycles. The van der Waals surface area contributed by atoms with Gasteiger partial charge in [-0.1, -0.05) is 0 Å². The number of benzene rings is 1. The Balaban J connectivity index is 2.17. The highest BCUT2D eigenvalue weighted by Gasteiger charge is 2.42. The second-order valence-corrected chi connectivity index (χ2v) is 5.31. The molecule has 0 aromatic heterocycles. The minimum absolute atomic E-state index is 0.0246. The quantitative estimate of drug-likeness (QED) is 0.625. The Labute approximate surface area is 118 Å². The summed E-state index contributed by atoms with van der Waals surface area (Å²) in [5.41, 5.74) is -1.66. The molecular formula is C13H15F3N2O3. The van der Waals surface area contributed by atoms with E-state index in [9.17, 15) is 23.3 Å². The van der Waals surface area contributed by atoms with Crippen LogP contribution >= 0.6 is 0 Å². The van der Waals surface area contributed by atoms with Gasteiger partial charge in [0.25, 0.3) is 5.69 Å². The van der Waals surface area contributed by atoms with Crippen LogP contribution in [0.3, 0.4) is 0 Å². The molecule has 0 heterocycles. The number of aliphatic hydroxyl groups excluding tert-OH is 1. The molecule has 1 aliphatic rings. The summed E-state index contributed by atoms with van der Waals surface area (Å²) in [7, 11) is 0. The molecule has 2 rings (SSSR count). The molecule has 0 spiro atoms. The number of nitro groups is 1. The lowest BCUT2D eigenvalue weighted by Crippen LogP contribution is -2.17. The van der Waals surface area contributed by atoms with Gasteiger partial charge in [-0.2, -0.15) is 13.2 Å². The first kappa shape index (κ1) is 15.6. The van der Waals surface area contributed by atoms with E-state index in [4.69, 9.17) is 5.11 Å². The first-order valence-corrected chi connectivity index (χ1v) is 6.48. The fourth-order valence-electron chi connectivity index (χ4n) is 2.22. The van der Waals surface area contributed by atoms with E-state index in [1.165, 1.54) is 0 Å². The molecule has 0 amide bonds. The highest BCUT2D eigenvalue weighted by Crippen LogP contribution is 2.49. The van der Waals surface area contributed by atoms with Crippen LogP contribution in [0.25, 0.3) is 0 Å². The summed E-state index contributed by atoms with van der Waals surface area (Å²) in [4.78, 5) is 10.1. The van der Waals surface area contributed by atoms with E-state index in [1.807, 2.05) is 0 Å². The molecule has 5 nitrogen and oxygen atoms in total. The summed E-state index contributed by atoms with van der Waals surface area (Å²) in [6, 6.07) is 2.44. The predicted molar refractivity (Wildman–Crippen MR) is 70.0 cm³/mol. The summed E-state index contributed by atoms with van der Waals surface area (Å²) in [6.45, 7) is 0.427. The summed E-state index contributed by atoms with van der Waals surface area (Å²) >= 11 is 0. The van der Waals surface area contributed by atoms with Gasteiger partial charge in [-0.25, -0.2) is 0 Å². The van der Waals surface area contributed by atoms with Crippen molar-refractivity contribution in [2.24, 2.45) is 5.41 Å². The van der Waals surface area contributed by atoms with Crippen molar-refractivity contribution in [2.75, 3.05) is 18.5 Å². The third kappa shape index (κ3) is 3.63. The zero-order valence-corrected chi connectivity index (χ0v) is 11.1. The molecule has 116 valence electrons. The van der Waals surface area contributed by atoms with Gasteiger partial charge in [0.15, 0.2) is 0 Å². The van der Waals surface area contributed by atoms with Crippen LogP contribution in [0.4, 0.5) is 24.5 Å². The van der Waals surface area contributed by atoms with Crippen LogP contribution in [-0.2, 0) is 6.18 Å². The maximum atomic E-state index is 12.6. The van der Waals surface area contributed by atoms with Crippen molar-refractivity contribution in [1.29, 1.82) is 0 Å². The SMILES string of the molecule is O=[N+]([O-])c1cc(C(F)(F)F)ccc1NCC1(CCO)CC1. The van der Waals surface area contributed by atoms with Gasteiger partial charge in [0.1, 0.15) is 5.69 Å². The average molecular weight is 304 g/mol. The van der Waals surface area contributed by atoms with Crippen molar-refractivity contribution >= 4 is 11.4 Å². The molecule has 0 unspecified atom stereocenters. The van der Waals surface area contributed by atoms with Crippen molar-refractivity contribution in [2.45, 2.75) is 25.4 Å². The lowest BCUT2D eigenvalue weighted by Gasteiger charge is -2.16. The standard InChI is InChI=1S/C13H15F3N2O3/c14-13(15,16)9-1-2-10(11(7-9)18(20)21)17-8-12(3-4-12)5-6-19/h1-2,7,17,19H,3-6,8H2. The number of nitrogens with zero attached hydrogens (tertiary/aromatic N) is 1. The Morgan fingerprint density at radius 2 is 2.05 bits per heavy atom.